The second kappa shape index (κ2) is 5.98. The van der Waals surface area contributed by atoms with Crippen LogP contribution in [0.5, 0.6) is 0 Å². The Bertz CT molecular complexity index is 936. The number of hydrogen-bond donors (Lipinski definition) is 0. The first-order valence-electron chi connectivity index (χ1n) is 7.91. The highest BCUT2D eigenvalue weighted by Gasteiger charge is 2.34. The van der Waals surface area contributed by atoms with Crippen LogP contribution in [0.2, 0.25) is 0 Å². The molecule has 0 amide bonds. The number of nitrogens with zero attached hydrogens (tertiary/aromatic N) is 2. The normalized spacial score (nSPS) is 16.9. The number of benzene rings is 2. The Hall–Kier alpha value is -2.85. The van der Waals surface area contributed by atoms with E-state index in [1.165, 1.54) is 0 Å². The van der Waals surface area contributed by atoms with Gasteiger partial charge in [0, 0.05) is 24.7 Å². The van der Waals surface area contributed by atoms with E-state index < -0.39 is 6.04 Å². The molecule has 2 heterocycles. The number of carbonyl (C=O) groups excluding carboxylic acids is 2. The van der Waals surface area contributed by atoms with Crippen LogP contribution in [0.3, 0.4) is 0 Å². The Kier molecular flexibility index (Phi) is 3.67. The molecule has 0 spiro atoms. The lowest BCUT2D eigenvalue weighted by Crippen LogP contribution is -2.28. The minimum Gasteiger partial charge on any atom is -0.295 e. The quantitative estimate of drug-likeness (QED) is 0.548. The first-order chi connectivity index (χ1) is 11.8. The lowest BCUT2D eigenvalue weighted by molar-refractivity contribution is -0.133. The van der Waals surface area contributed by atoms with Crippen molar-refractivity contribution in [2.75, 3.05) is 0 Å². The van der Waals surface area contributed by atoms with Gasteiger partial charge in [0.05, 0.1) is 5.52 Å². The SMILES string of the molecule is O=CC(=O)C1c2ccccc2CN1Cc1ccc2ncccc2c1. The highest BCUT2D eigenvalue weighted by Crippen LogP contribution is 2.35. The second-order valence-electron chi connectivity index (χ2n) is 6.06. The van der Waals surface area contributed by atoms with Crippen molar-refractivity contribution in [3.8, 4) is 0 Å². The number of hydrogen-bond acceptors (Lipinski definition) is 4. The zero-order chi connectivity index (χ0) is 16.5. The van der Waals surface area contributed by atoms with Gasteiger partial charge in [-0.1, -0.05) is 36.4 Å². The number of aldehydes is 1. The minimum absolute atomic E-state index is 0.387. The molecule has 3 aromatic rings. The van der Waals surface area contributed by atoms with Gasteiger partial charge in [0.25, 0.3) is 0 Å². The monoisotopic (exact) mass is 316 g/mol. The number of ketones is 1. The maximum Gasteiger partial charge on any atom is 0.216 e. The molecule has 1 aliphatic rings. The Morgan fingerprint density at radius 1 is 1.17 bits per heavy atom. The summed E-state index contributed by atoms with van der Waals surface area (Å²) in [5, 5.41) is 1.07. The fourth-order valence-electron chi connectivity index (χ4n) is 3.45. The van der Waals surface area contributed by atoms with Gasteiger partial charge in [0.2, 0.25) is 5.78 Å². The summed E-state index contributed by atoms with van der Waals surface area (Å²) < 4.78 is 0. The van der Waals surface area contributed by atoms with Crippen LogP contribution in [0.4, 0.5) is 0 Å². The number of rotatable bonds is 4. The highest BCUT2D eigenvalue weighted by molar-refractivity contribution is 6.27. The Balaban J connectivity index is 1.67. The van der Waals surface area contributed by atoms with E-state index in [0.717, 1.165) is 27.6 Å². The molecule has 1 aromatic heterocycles. The minimum atomic E-state index is -0.483. The fraction of sp³-hybridized carbons (Fsp3) is 0.150. The molecule has 2 aromatic carbocycles. The average Bonchev–Trinajstić information content (AvgIpc) is 2.98. The highest BCUT2D eigenvalue weighted by atomic mass is 16.2. The van der Waals surface area contributed by atoms with Gasteiger partial charge < -0.3 is 0 Å². The van der Waals surface area contributed by atoms with Crippen molar-refractivity contribution in [3.63, 3.8) is 0 Å². The molecule has 0 radical (unpaired) electrons. The summed E-state index contributed by atoms with van der Waals surface area (Å²) in [6.45, 7) is 1.29. The van der Waals surface area contributed by atoms with Gasteiger partial charge in [-0.05, 0) is 34.9 Å². The van der Waals surface area contributed by atoms with Crippen molar-refractivity contribution in [1.29, 1.82) is 0 Å². The maximum absolute atomic E-state index is 12.2. The molecule has 0 aliphatic carbocycles. The molecule has 1 aliphatic heterocycles. The summed E-state index contributed by atoms with van der Waals surface area (Å²) in [5.74, 6) is -0.387. The summed E-state index contributed by atoms with van der Waals surface area (Å²) in [5.41, 5.74) is 4.11. The first kappa shape index (κ1) is 14.7. The summed E-state index contributed by atoms with van der Waals surface area (Å²) in [6, 6.07) is 17.4. The summed E-state index contributed by atoms with van der Waals surface area (Å²) in [4.78, 5) is 29.6. The summed E-state index contributed by atoms with van der Waals surface area (Å²) in [6.07, 6.45) is 2.21. The van der Waals surface area contributed by atoms with Crippen molar-refractivity contribution < 1.29 is 9.59 Å². The molecule has 118 valence electrons. The number of fused-ring (bicyclic) bond motifs is 2. The number of aromatic nitrogens is 1. The Labute approximate surface area is 139 Å². The van der Waals surface area contributed by atoms with Crippen LogP contribution in [-0.2, 0) is 22.7 Å². The van der Waals surface area contributed by atoms with Crippen LogP contribution in [-0.4, -0.2) is 22.0 Å². The van der Waals surface area contributed by atoms with Gasteiger partial charge in [-0.25, -0.2) is 0 Å². The molecular weight excluding hydrogens is 300 g/mol. The van der Waals surface area contributed by atoms with E-state index in [2.05, 4.69) is 16.0 Å². The van der Waals surface area contributed by atoms with Crippen molar-refractivity contribution in [1.82, 2.24) is 9.88 Å². The number of Topliss-reactive ketones (excluding diaryl/α,β-unsaturated/α-hetero) is 1. The summed E-state index contributed by atoms with van der Waals surface area (Å²) >= 11 is 0. The van der Waals surface area contributed by atoms with E-state index in [-0.39, 0.29) is 5.78 Å². The molecule has 0 saturated heterocycles. The van der Waals surface area contributed by atoms with E-state index in [1.807, 2.05) is 48.5 Å². The largest absolute Gasteiger partial charge is 0.295 e. The van der Waals surface area contributed by atoms with Gasteiger partial charge in [-0.15, -0.1) is 0 Å². The third-order valence-electron chi connectivity index (χ3n) is 4.53. The zero-order valence-corrected chi connectivity index (χ0v) is 13.1. The molecule has 0 bridgehead atoms. The van der Waals surface area contributed by atoms with E-state index in [9.17, 15) is 9.59 Å². The topological polar surface area (TPSA) is 50.3 Å². The number of pyridine rings is 1. The second-order valence-corrected chi connectivity index (χ2v) is 6.06. The van der Waals surface area contributed by atoms with Crippen LogP contribution in [0.25, 0.3) is 10.9 Å². The molecule has 0 N–H and O–H groups in total. The van der Waals surface area contributed by atoms with Crippen molar-refractivity contribution in [3.05, 3.63) is 77.5 Å². The van der Waals surface area contributed by atoms with E-state index in [0.29, 0.717) is 19.4 Å². The predicted octanol–water partition coefficient (Wildman–Crippen LogP) is 3.06. The van der Waals surface area contributed by atoms with Crippen molar-refractivity contribution >= 4 is 23.0 Å². The van der Waals surface area contributed by atoms with Gasteiger partial charge in [-0.2, -0.15) is 0 Å². The van der Waals surface area contributed by atoms with Gasteiger partial charge in [0.15, 0.2) is 6.29 Å². The number of carbonyl (C=O) groups is 2. The predicted molar refractivity (Wildman–Crippen MR) is 91.2 cm³/mol. The van der Waals surface area contributed by atoms with Gasteiger partial charge >= 0.3 is 0 Å². The van der Waals surface area contributed by atoms with E-state index >= 15 is 0 Å². The molecule has 0 fully saturated rings. The molecule has 24 heavy (non-hydrogen) atoms. The smallest absolute Gasteiger partial charge is 0.216 e. The molecule has 4 heteroatoms. The van der Waals surface area contributed by atoms with Crippen LogP contribution in [0, 0.1) is 0 Å². The summed E-state index contributed by atoms with van der Waals surface area (Å²) in [7, 11) is 0. The van der Waals surface area contributed by atoms with Crippen LogP contribution >= 0.6 is 0 Å². The lowest BCUT2D eigenvalue weighted by atomic mass is 10.0. The standard InChI is InChI=1S/C20H16N2O2/c23-13-19(24)20-17-6-2-1-4-16(17)12-22(20)11-14-7-8-18-15(10-14)5-3-9-21-18/h1-10,13,20H,11-12H2. The molecule has 4 nitrogen and oxygen atoms in total. The van der Waals surface area contributed by atoms with Crippen LogP contribution < -0.4 is 0 Å². The third kappa shape index (κ3) is 2.51. The Morgan fingerprint density at radius 2 is 2.04 bits per heavy atom. The maximum atomic E-state index is 12.2. The molecular formula is C20H16N2O2. The fourth-order valence-corrected chi connectivity index (χ4v) is 3.45. The van der Waals surface area contributed by atoms with Crippen LogP contribution in [0.15, 0.2) is 60.8 Å². The van der Waals surface area contributed by atoms with Crippen molar-refractivity contribution in [2.45, 2.75) is 19.1 Å². The van der Waals surface area contributed by atoms with Crippen molar-refractivity contribution in [2.24, 2.45) is 0 Å². The van der Waals surface area contributed by atoms with E-state index in [1.54, 1.807) is 6.20 Å². The van der Waals surface area contributed by atoms with Gasteiger partial charge in [0.1, 0.15) is 6.04 Å². The first-order valence-corrected chi connectivity index (χ1v) is 7.91. The zero-order valence-electron chi connectivity index (χ0n) is 13.1. The molecule has 4 rings (SSSR count). The van der Waals surface area contributed by atoms with E-state index in [4.69, 9.17) is 0 Å². The molecule has 0 saturated carbocycles. The van der Waals surface area contributed by atoms with Gasteiger partial charge in [-0.3, -0.25) is 19.5 Å². The Morgan fingerprint density at radius 3 is 2.92 bits per heavy atom. The molecule has 1 atom stereocenters. The third-order valence-corrected chi connectivity index (χ3v) is 4.53. The average molecular weight is 316 g/mol. The lowest BCUT2D eigenvalue weighted by Gasteiger charge is -2.22. The van der Waals surface area contributed by atoms with Crippen LogP contribution in [0.1, 0.15) is 22.7 Å². The molecule has 1 unspecified atom stereocenters.